The van der Waals surface area contributed by atoms with Crippen LogP contribution in [-0.2, 0) is 10.1 Å². The number of para-hydroxylation sites is 2. The van der Waals surface area contributed by atoms with Gasteiger partial charge in [-0.05, 0) is 110 Å². The lowest BCUT2D eigenvalue weighted by molar-refractivity contribution is 0.482. The normalized spacial score (nSPS) is 11.6. The summed E-state index contributed by atoms with van der Waals surface area (Å²) in [6.45, 7) is 14.8. The highest BCUT2D eigenvalue weighted by atomic mass is 32.2. The predicted octanol–water partition coefficient (Wildman–Crippen LogP) is 11.2. The molecule has 0 spiro atoms. The molecular formula is C43H50N2O3S. The molecule has 0 amide bonds. The first kappa shape index (κ1) is 35.9. The minimum absolute atomic E-state index is 0.0718. The Kier molecular flexibility index (Phi) is 11.6. The van der Waals surface area contributed by atoms with Crippen molar-refractivity contribution in [3.8, 4) is 0 Å². The molecule has 0 aliphatic heterocycles. The fourth-order valence-electron chi connectivity index (χ4n) is 6.93. The van der Waals surface area contributed by atoms with E-state index in [1.54, 1.807) is 6.07 Å². The minimum Gasteiger partial charge on any atom is -0.341 e. The smallest absolute Gasteiger partial charge is 0.294 e. The Bertz CT molecular complexity index is 1900. The molecule has 5 nitrogen and oxygen atoms in total. The first-order chi connectivity index (χ1) is 23.5. The lowest BCUT2D eigenvalue weighted by Crippen LogP contribution is -2.21. The molecule has 0 saturated heterocycles. The number of unbranched alkanes of at least 4 members (excludes halogenated alkanes) is 2. The van der Waals surface area contributed by atoms with Gasteiger partial charge < -0.3 is 9.80 Å². The van der Waals surface area contributed by atoms with E-state index in [1.807, 2.05) is 12.1 Å². The van der Waals surface area contributed by atoms with Gasteiger partial charge in [0.1, 0.15) is 0 Å². The number of hydrogen-bond acceptors (Lipinski definition) is 4. The quantitative estimate of drug-likeness (QED) is 0.0938. The average molecular weight is 675 g/mol. The van der Waals surface area contributed by atoms with E-state index in [4.69, 9.17) is 0 Å². The lowest BCUT2D eigenvalue weighted by atomic mass is 9.83. The highest BCUT2D eigenvalue weighted by Crippen LogP contribution is 2.41. The number of rotatable bonds is 14. The third-order valence-electron chi connectivity index (χ3n) is 9.48. The summed E-state index contributed by atoms with van der Waals surface area (Å²) in [5.41, 5.74) is 11.8. The maximum Gasteiger partial charge on any atom is 0.294 e. The molecule has 0 aliphatic carbocycles. The van der Waals surface area contributed by atoms with Crippen LogP contribution in [0, 0.1) is 27.7 Å². The molecule has 0 saturated carbocycles. The molecule has 0 unspecified atom stereocenters. The SMILES string of the molecule is CCCCN(c1ccccc1C)c1ccc(C(c2ccc(N(CCCC)c3ccccc3C)c(C)c2)c2ccccc2S(=O)(=O)O)cc1C. The third-order valence-corrected chi connectivity index (χ3v) is 10.4. The van der Waals surface area contributed by atoms with E-state index in [0.717, 1.165) is 72.4 Å². The summed E-state index contributed by atoms with van der Waals surface area (Å²) >= 11 is 0. The molecule has 1 N–H and O–H groups in total. The summed E-state index contributed by atoms with van der Waals surface area (Å²) < 4.78 is 35.9. The Morgan fingerprint density at radius 3 is 1.37 bits per heavy atom. The van der Waals surface area contributed by atoms with Gasteiger partial charge in [0.2, 0.25) is 0 Å². The van der Waals surface area contributed by atoms with E-state index in [2.05, 4.69) is 136 Å². The van der Waals surface area contributed by atoms with Gasteiger partial charge in [0, 0.05) is 41.8 Å². The van der Waals surface area contributed by atoms with Crippen molar-refractivity contribution >= 4 is 32.9 Å². The van der Waals surface area contributed by atoms with Crippen LogP contribution in [-0.4, -0.2) is 26.1 Å². The number of nitrogens with zero attached hydrogens (tertiary/aromatic N) is 2. The molecule has 5 aromatic rings. The molecule has 0 fully saturated rings. The third kappa shape index (κ3) is 8.09. The van der Waals surface area contributed by atoms with Crippen LogP contribution < -0.4 is 9.80 Å². The van der Waals surface area contributed by atoms with Gasteiger partial charge in [-0.2, -0.15) is 8.42 Å². The van der Waals surface area contributed by atoms with Crippen LogP contribution in [0.3, 0.4) is 0 Å². The lowest BCUT2D eigenvalue weighted by Gasteiger charge is -2.30. The first-order valence-electron chi connectivity index (χ1n) is 17.5. The largest absolute Gasteiger partial charge is 0.341 e. The monoisotopic (exact) mass is 674 g/mol. The van der Waals surface area contributed by atoms with E-state index in [1.165, 1.54) is 28.6 Å². The van der Waals surface area contributed by atoms with Crippen LogP contribution in [0.4, 0.5) is 22.7 Å². The highest BCUT2D eigenvalue weighted by molar-refractivity contribution is 7.85. The molecule has 5 aromatic carbocycles. The first-order valence-corrected chi connectivity index (χ1v) is 18.9. The van der Waals surface area contributed by atoms with Crippen molar-refractivity contribution in [3.63, 3.8) is 0 Å². The summed E-state index contributed by atoms with van der Waals surface area (Å²) in [7, 11) is -4.48. The predicted molar refractivity (Wildman–Crippen MR) is 206 cm³/mol. The Morgan fingerprint density at radius 2 is 0.959 bits per heavy atom. The van der Waals surface area contributed by atoms with Gasteiger partial charge in [-0.1, -0.05) is 106 Å². The molecule has 0 radical (unpaired) electrons. The summed E-state index contributed by atoms with van der Waals surface area (Å²) in [4.78, 5) is 4.72. The molecule has 0 heterocycles. The molecule has 6 heteroatoms. The number of anilines is 4. The van der Waals surface area contributed by atoms with Gasteiger partial charge in [0.25, 0.3) is 10.1 Å². The van der Waals surface area contributed by atoms with Gasteiger partial charge in [0.15, 0.2) is 0 Å². The molecular weight excluding hydrogens is 625 g/mol. The molecule has 0 aromatic heterocycles. The molecule has 256 valence electrons. The van der Waals surface area contributed by atoms with E-state index in [-0.39, 0.29) is 4.90 Å². The summed E-state index contributed by atoms with van der Waals surface area (Å²) in [5.74, 6) is -0.427. The van der Waals surface area contributed by atoms with Gasteiger partial charge in [-0.15, -0.1) is 0 Å². The second-order valence-corrected chi connectivity index (χ2v) is 14.5. The zero-order chi connectivity index (χ0) is 35.1. The fourth-order valence-corrected chi connectivity index (χ4v) is 7.67. The van der Waals surface area contributed by atoms with Crippen molar-refractivity contribution in [1.82, 2.24) is 0 Å². The second-order valence-electron chi connectivity index (χ2n) is 13.1. The maximum atomic E-state index is 12.8. The van der Waals surface area contributed by atoms with Crippen molar-refractivity contribution in [2.45, 2.75) is 78.0 Å². The number of aryl methyl sites for hydroxylation is 4. The van der Waals surface area contributed by atoms with Crippen molar-refractivity contribution in [3.05, 3.63) is 148 Å². The van der Waals surface area contributed by atoms with Crippen LogP contribution in [0.2, 0.25) is 0 Å². The van der Waals surface area contributed by atoms with E-state index in [0.29, 0.717) is 5.56 Å². The topological polar surface area (TPSA) is 60.9 Å². The van der Waals surface area contributed by atoms with E-state index < -0.39 is 16.0 Å². The molecule has 49 heavy (non-hydrogen) atoms. The standard InChI is InChI=1S/C43H50N2O3S/c1-7-9-27-44(38-20-14-11-17-31(38)3)40-25-23-35(29-33(40)5)43(37-19-13-16-22-42(37)49(46,47)48)36-24-26-41(34(6)30-36)45(28-10-8-2)39-21-15-12-18-32(39)4/h11-26,29-30,43H,7-10,27-28H2,1-6H3,(H,46,47,48). The fraction of sp³-hybridized carbons (Fsp3) is 0.302. The Hall–Kier alpha value is -4.39. The van der Waals surface area contributed by atoms with Gasteiger partial charge in [0.05, 0.1) is 4.90 Å². The van der Waals surface area contributed by atoms with Crippen LogP contribution in [0.15, 0.2) is 114 Å². The Morgan fingerprint density at radius 1 is 0.551 bits per heavy atom. The zero-order valence-corrected chi connectivity index (χ0v) is 30.6. The van der Waals surface area contributed by atoms with Crippen molar-refractivity contribution in [2.75, 3.05) is 22.9 Å². The van der Waals surface area contributed by atoms with E-state index in [9.17, 15) is 13.0 Å². The maximum absolute atomic E-state index is 12.8. The number of benzene rings is 5. The summed E-state index contributed by atoms with van der Waals surface area (Å²) in [6.07, 6.45) is 4.29. The van der Waals surface area contributed by atoms with Crippen molar-refractivity contribution in [2.24, 2.45) is 0 Å². The number of hydrogen-bond donors (Lipinski definition) is 1. The molecule has 0 aliphatic rings. The summed E-state index contributed by atoms with van der Waals surface area (Å²) in [5, 5.41) is 0. The van der Waals surface area contributed by atoms with Gasteiger partial charge in [-0.25, -0.2) is 0 Å². The Balaban J connectivity index is 1.66. The van der Waals surface area contributed by atoms with Crippen LogP contribution in [0.5, 0.6) is 0 Å². The van der Waals surface area contributed by atoms with E-state index >= 15 is 0 Å². The van der Waals surface area contributed by atoms with Crippen molar-refractivity contribution in [1.29, 1.82) is 0 Å². The van der Waals surface area contributed by atoms with Crippen LogP contribution >= 0.6 is 0 Å². The zero-order valence-electron chi connectivity index (χ0n) is 29.8. The summed E-state index contributed by atoms with van der Waals surface area (Å²) in [6, 6.07) is 36.7. The average Bonchev–Trinajstić information content (AvgIpc) is 3.08. The molecule has 5 rings (SSSR count). The molecule has 0 bridgehead atoms. The van der Waals surface area contributed by atoms with Crippen LogP contribution in [0.1, 0.15) is 84.4 Å². The second kappa shape index (κ2) is 15.9. The van der Waals surface area contributed by atoms with Crippen molar-refractivity contribution < 1.29 is 13.0 Å². The van der Waals surface area contributed by atoms with Crippen LogP contribution in [0.25, 0.3) is 0 Å². The molecule has 0 atom stereocenters. The highest BCUT2D eigenvalue weighted by Gasteiger charge is 2.27. The van der Waals surface area contributed by atoms with Gasteiger partial charge in [-0.3, -0.25) is 4.55 Å². The Labute approximate surface area is 294 Å². The minimum atomic E-state index is -4.48. The van der Waals surface area contributed by atoms with Gasteiger partial charge >= 0.3 is 0 Å².